The third kappa shape index (κ3) is 3.66. The molecule has 1 aromatic heterocycles. The Balaban J connectivity index is 2.02. The lowest BCUT2D eigenvalue weighted by Crippen LogP contribution is -2.38. The fraction of sp³-hybridized carbons (Fsp3) is 0.750. The van der Waals surface area contributed by atoms with Crippen LogP contribution in [0.2, 0.25) is 0 Å². The molecule has 1 aromatic rings. The Morgan fingerprint density at radius 3 is 2.53 bits per heavy atom. The molecule has 0 bridgehead atoms. The number of hydrogen-bond acceptors (Lipinski definition) is 7. The standard InChI is InChI=1S/C12H21N5O2/c1-3-18-9-5-7-17(8-6-9)11-14-10(13)15-12(16-11)19-4-2/h9H,3-8H2,1-2H3,(H2,13,14,15,16). The average molecular weight is 267 g/mol. The van der Waals surface area contributed by atoms with E-state index in [2.05, 4.69) is 19.9 Å². The van der Waals surface area contributed by atoms with E-state index < -0.39 is 0 Å². The maximum Gasteiger partial charge on any atom is 0.323 e. The summed E-state index contributed by atoms with van der Waals surface area (Å²) in [4.78, 5) is 14.5. The quantitative estimate of drug-likeness (QED) is 0.846. The van der Waals surface area contributed by atoms with Gasteiger partial charge in [0.1, 0.15) is 0 Å². The number of piperidine rings is 1. The van der Waals surface area contributed by atoms with E-state index in [0.717, 1.165) is 32.5 Å². The molecule has 0 amide bonds. The summed E-state index contributed by atoms with van der Waals surface area (Å²) in [7, 11) is 0. The Morgan fingerprint density at radius 1 is 1.16 bits per heavy atom. The van der Waals surface area contributed by atoms with Gasteiger partial charge in [-0.2, -0.15) is 15.0 Å². The van der Waals surface area contributed by atoms with Gasteiger partial charge in [0.25, 0.3) is 0 Å². The minimum Gasteiger partial charge on any atom is -0.464 e. The molecule has 0 aliphatic carbocycles. The highest BCUT2D eigenvalue weighted by molar-refractivity contribution is 5.36. The fourth-order valence-corrected chi connectivity index (χ4v) is 2.15. The number of hydrogen-bond donors (Lipinski definition) is 1. The lowest BCUT2D eigenvalue weighted by Gasteiger charge is -2.31. The fourth-order valence-electron chi connectivity index (χ4n) is 2.15. The summed E-state index contributed by atoms with van der Waals surface area (Å²) < 4.78 is 10.9. The van der Waals surface area contributed by atoms with Gasteiger partial charge in [0.05, 0.1) is 12.7 Å². The first-order valence-electron chi connectivity index (χ1n) is 6.73. The van der Waals surface area contributed by atoms with Crippen molar-refractivity contribution in [2.24, 2.45) is 0 Å². The van der Waals surface area contributed by atoms with Gasteiger partial charge >= 0.3 is 6.01 Å². The summed E-state index contributed by atoms with van der Waals surface area (Å²) in [5, 5.41) is 0. The average Bonchev–Trinajstić information content (AvgIpc) is 2.40. The minimum atomic E-state index is 0.195. The van der Waals surface area contributed by atoms with Crippen LogP contribution >= 0.6 is 0 Å². The van der Waals surface area contributed by atoms with Crippen molar-refractivity contribution in [3.63, 3.8) is 0 Å². The summed E-state index contributed by atoms with van der Waals surface area (Å²) in [5.74, 6) is 0.784. The SMILES string of the molecule is CCOc1nc(N)nc(N2CCC(OCC)CC2)n1. The summed E-state index contributed by atoms with van der Waals surface area (Å²) in [6, 6.07) is 0.289. The summed E-state index contributed by atoms with van der Waals surface area (Å²) >= 11 is 0. The summed E-state index contributed by atoms with van der Waals surface area (Å²) in [5.41, 5.74) is 5.68. The molecule has 1 aliphatic heterocycles. The zero-order valence-corrected chi connectivity index (χ0v) is 11.5. The normalized spacial score (nSPS) is 16.6. The van der Waals surface area contributed by atoms with E-state index >= 15 is 0 Å². The van der Waals surface area contributed by atoms with E-state index in [1.54, 1.807) is 0 Å². The molecular weight excluding hydrogens is 246 g/mol. The first-order valence-corrected chi connectivity index (χ1v) is 6.73. The molecule has 0 saturated carbocycles. The first-order chi connectivity index (χ1) is 9.22. The third-order valence-corrected chi connectivity index (χ3v) is 3.02. The molecule has 7 heteroatoms. The van der Waals surface area contributed by atoms with E-state index in [4.69, 9.17) is 15.2 Å². The minimum absolute atomic E-state index is 0.195. The second-order valence-corrected chi connectivity index (χ2v) is 4.35. The Kier molecular flexibility index (Phi) is 4.73. The van der Waals surface area contributed by atoms with Gasteiger partial charge in [-0.05, 0) is 26.7 Å². The maximum atomic E-state index is 5.68. The van der Waals surface area contributed by atoms with Crippen LogP contribution in [0.5, 0.6) is 6.01 Å². The largest absolute Gasteiger partial charge is 0.464 e. The van der Waals surface area contributed by atoms with Gasteiger partial charge in [-0.3, -0.25) is 0 Å². The zero-order valence-electron chi connectivity index (χ0n) is 11.5. The molecule has 2 N–H and O–H groups in total. The Bertz CT molecular complexity index is 407. The Hall–Kier alpha value is -1.63. The van der Waals surface area contributed by atoms with Crippen LogP contribution in [0.1, 0.15) is 26.7 Å². The lowest BCUT2D eigenvalue weighted by atomic mass is 10.1. The number of aromatic nitrogens is 3. The van der Waals surface area contributed by atoms with Crippen LogP contribution in [-0.4, -0.2) is 47.4 Å². The van der Waals surface area contributed by atoms with Crippen molar-refractivity contribution in [1.29, 1.82) is 0 Å². The molecule has 2 heterocycles. The molecule has 19 heavy (non-hydrogen) atoms. The Morgan fingerprint density at radius 2 is 1.89 bits per heavy atom. The molecule has 1 aliphatic rings. The van der Waals surface area contributed by atoms with Crippen LogP contribution in [0, 0.1) is 0 Å². The molecule has 2 rings (SSSR count). The highest BCUT2D eigenvalue weighted by Gasteiger charge is 2.22. The van der Waals surface area contributed by atoms with Gasteiger partial charge in [-0.1, -0.05) is 0 Å². The highest BCUT2D eigenvalue weighted by Crippen LogP contribution is 2.20. The molecule has 0 radical (unpaired) electrons. The monoisotopic (exact) mass is 267 g/mol. The van der Waals surface area contributed by atoms with Gasteiger partial charge in [0.15, 0.2) is 0 Å². The maximum absolute atomic E-state index is 5.68. The molecule has 1 saturated heterocycles. The van der Waals surface area contributed by atoms with Crippen LogP contribution in [0.25, 0.3) is 0 Å². The highest BCUT2D eigenvalue weighted by atomic mass is 16.5. The van der Waals surface area contributed by atoms with E-state index in [9.17, 15) is 0 Å². The van der Waals surface area contributed by atoms with Crippen LogP contribution in [0.3, 0.4) is 0 Å². The number of rotatable bonds is 5. The number of nitrogens with zero attached hydrogens (tertiary/aromatic N) is 4. The van der Waals surface area contributed by atoms with Crippen molar-refractivity contribution in [2.75, 3.05) is 36.9 Å². The number of nitrogens with two attached hydrogens (primary N) is 1. The second-order valence-electron chi connectivity index (χ2n) is 4.35. The first kappa shape index (κ1) is 13.8. The van der Waals surface area contributed by atoms with Crippen molar-refractivity contribution in [1.82, 2.24) is 15.0 Å². The Labute approximate surface area is 113 Å². The van der Waals surface area contributed by atoms with Crippen molar-refractivity contribution < 1.29 is 9.47 Å². The molecular formula is C12H21N5O2. The predicted octanol–water partition coefficient (Wildman–Crippen LogP) is 0.858. The smallest absolute Gasteiger partial charge is 0.323 e. The second kappa shape index (κ2) is 6.51. The van der Waals surface area contributed by atoms with Crippen molar-refractivity contribution in [3.05, 3.63) is 0 Å². The molecule has 0 spiro atoms. The van der Waals surface area contributed by atoms with E-state index in [-0.39, 0.29) is 12.0 Å². The molecule has 0 atom stereocenters. The van der Waals surface area contributed by atoms with Gasteiger partial charge in [0, 0.05) is 19.7 Å². The van der Waals surface area contributed by atoms with E-state index in [0.29, 0.717) is 18.7 Å². The van der Waals surface area contributed by atoms with Crippen LogP contribution in [-0.2, 0) is 4.74 Å². The third-order valence-electron chi connectivity index (χ3n) is 3.02. The summed E-state index contributed by atoms with van der Waals surface area (Å²) in [6.07, 6.45) is 2.29. The van der Waals surface area contributed by atoms with Crippen molar-refractivity contribution in [3.8, 4) is 6.01 Å². The molecule has 1 fully saturated rings. The van der Waals surface area contributed by atoms with Gasteiger partial charge in [0.2, 0.25) is 11.9 Å². The molecule has 106 valence electrons. The van der Waals surface area contributed by atoms with Crippen LogP contribution in [0.15, 0.2) is 0 Å². The topological polar surface area (TPSA) is 86.4 Å². The van der Waals surface area contributed by atoms with Gasteiger partial charge < -0.3 is 20.1 Å². The van der Waals surface area contributed by atoms with Crippen LogP contribution in [0.4, 0.5) is 11.9 Å². The zero-order chi connectivity index (χ0) is 13.7. The van der Waals surface area contributed by atoms with Crippen LogP contribution < -0.4 is 15.4 Å². The van der Waals surface area contributed by atoms with Crippen molar-refractivity contribution >= 4 is 11.9 Å². The van der Waals surface area contributed by atoms with Gasteiger partial charge in [-0.25, -0.2) is 0 Å². The van der Waals surface area contributed by atoms with Gasteiger partial charge in [-0.15, -0.1) is 0 Å². The number of nitrogen functional groups attached to an aromatic ring is 1. The molecule has 0 aromatic carbocycles. The lowest BCUT2D eigenvalue weighted by molar-refractivity contribution is 0.0457. The van der Waals surface area contributed by atoms with E-state index in [1.807, 2.05) is 13.8 Å². The molecule has 0 unspecified atom stereocenters. The predicted molar refractivity (Wildman–Crippen MR) is 72.3 cm³/mol. The molecule has 7 nitrogen and oxygen atoms in total. The van der Waals surface area contributed by atoms with Crippen molar-refractivity contribution in [2.45, 2.75) is 32.8 Å². The number of anilines is 2. The van der Waals surface area contributed by atoms with E-state index in [1.165, 1.54) is 0 Å². The number of ether oxygens (including phenoxy) is 2. The summed E-state index contributed by atoms with van der Waals surface area (Å²) in [6.45, 7) is 6.90.